The summed E-state index contributed by atoms with van der Waals surface area (Å²) >= 11 is 1.51. The fourth-order valence-corrected chi connectivity index (χ4v) is 2.45. The van der Waals surface area contributed by atoms with Crippen molar-refractivity contribution in [2.24, 2.45) is 0 Å². The normalized spacial score (nSPS) is 10.4. The number of hydrogen-bond donors (Lipinski definition) is 1. The van der Waals surface area contributed by atoms with Crippen molar-refractivity contribution in [2.45, 2.75) is 13.5 Å². The predicted octanol–water partition coefficient (Wildman–Crippen LogP) is 2.21. The Morgan fingerprint density at radius 3 is 2.81 bits per heavy atom. The number of rotatable bonds is 4. The zero-order chi connectivity index (χ0) is 15.6. The van der Waals surface area contributed by atoms with E-state index in [1.165, 1.54) is 34.4 Å². The summed E-state index contributed by atoms with van der Waals surface area (Å²) in [5.41, 5.74) is 6.31. The number of anilines is 1. The third-order valence-corrected chi connectivity index (χ3v) is 3.71. The number of thiazole rings is 1. The molecule has 0 aliphatic carbocycles. The summed E-state index contributed by atoms with van der Waals surface area (Å²) in [7, 11) is 1.62. The highest BCUT2D eigenvalue weighted by Gasteiger charge is 2.18. The van der Waals surface area contributed by atoms with Crippen LogP contribution in [0.3, 0.4) is 0 Å². The van der Waals surface area contributed by atoms with Gasteiger partial charge in [0.15, 0.2) is 0 Å². The summed E-state index contributed by atoms with van der Waals surface area (Å²) in [6.07, 6.45) is 0. The molecule has 2 rings (SSSR count). The molecule has 8 heteroatoms. The van der Waals surface area contributed by atoms with Crippen molar-refractivity contribution in [3.63, 3.8) is 0 Å². The number of aromatic nitrogens is 1. The topological polar surface area (TPSA) is 102 Å². The van der Waals surface area contributed by atoms with Crippen molar-refractivity contribution in [3.05, 3.63) is 50.0 Å². The second kappa shape index (κ2) is 5.88. The van der Waals surface area contributed by atoms with Gasteiger partial charge in [0.05, 0.1) is 22.2 Å². The maximum atomic E-state index is 12.3. The molecule has 2 N–H and O–H groups in total. The van der Waals surface area contributed by atoms with Crippen LogP contribution in [0.5, 0.6) is 0 Å². The number of aryl methyl sites for hydroxylation is 1. The quantitative estimate of drug-likeness (QED) is 0.530. The first-order valence-corrected chi connectivity index (χ1v) is 6.97. The smallest absolute Gasteiger partial charge is 0.292 e. The summed E-state index contributed by atoms with van der Waals surface area (Å²) < 4.78 is 0. The Morgan fingerprint density at radius 2 is 2.24 bits per heavy atom. The third kappa shape index (κ3) is 3.34. The molecule has 2 aromatic rings. The molecule has 1 aromatic carbocycles. The Bertz CT molecular complexity index is 698. The fraction of sp³-hybridized carbons (Fsp3) is 0.231. The number of carbonyl (C=O) groups excluding carboxylic acids is 1. The van der Waals surface area contributed by atoms with Crippen LogP contribution in [0.25, 0.3) is 0 Å². The van der Waals surface area contributed by atoms with Gasteiger partial charge < -0.3 is 10.6 Å². The Labute approximate surface area is 125 Å². The fourth-order valence-electron chi connectivity index (χ4n) is 1.85. The van der Waals surface area contributed by atoms with Crippen molar-refractivity contribution in [3.8, 4) is 0 Å². The van der Waals surface area contributed by atoms with Gasteiger partial charge in [-0.2, -0.15) is 0 Å². The Kier molecular flexibility index (Phi) is 4.18. The van der Waals surface area contributed by atoms with E-state index in [1.807, 2.05) is 12.3 Å². The molecule has 0 fully saturated rings. The van der Waals surface area contributed by atoms with E-state index in [4.69, 9.17) is 5.73 Å². The molecule has 0 unspecified atom stereocenters. The number of hydrogen-bond acceptors (Lipinski definition) is 6. The van der Waals surface area contributed by atoms with Gasteiger partial charge in [-0.3, -0.25) is 14.9 Å². The van der Waals surface area contributed by atoms with E-state index < -0.39 is 4.92 Å². The van der Waals surface area contributed by atoms with Gasteiger partial charge in [-0.25, -0.2) is 4.98 Å². The van der Waals surface area contributed by atoms with Crippen molar-refractivity contribution >= 4 is 28.6 Å². The van der Waals surface area contributed by atoms with Gasteiger partial charge in [0, 0.05) is 24.1 Å². The summed E-state index contributed by atoms with van der Waals surface area (Å²) in [5, 5.41) is 13.7. The molecular formula is C13H14N4O3S. The first-order valence-electron chi connectivity index (χ1n) is 6.09. The van der Waals surface area contributed by atoms with Crippen molar-refractivity contribution < 1.29 is 9.72 Å². The zero-order valence-electron chi connectivity index (χ0n) is 11.6. The van der Waals surface area contributed by atoms with E-state index in [0.29, 0.717) is 6.54 Å². The minimum Gasteiger partial charge on any atom is -0.393 e. The van der Waals surface area contributed by atoms with E-state index >= 15 is 0 Å². The van der Waals surface area contributed by atoms with Crippen LogP contribution >= 0.6 is 11.3 Å². The van der Waals surface area contributed by atoms with Crippen LogP contribution in [0.1, 0.15) is 21.1 Å². The number of carbonyl (C=O) groups is 1. The number of nitrogen functional groups attached to an aromatic ring is 1. The van der Waals surface area contributed by atoms with Crippen molar-refractivity contribution in [2.75, 3.05) is 12.8 Å². The molecular weight excluding hydrogens is 292 g/mol. The predicted molar refractivity (Wildman–Crippen MR) is 80.2 cm³/mol. The highest BCUT2D eigenvalue weighted by Crippen LogP contribution is 2.23. The van der Waals surface area contributed by atoms with Crippen molar-refractivity contribution in [1.29, 1.82) is 0 Å². The van der Waals surface area contributed by atoms with Gasteiger partial charge in [0.2, 0.25) is 0 Å². The molecule has 21 heavy (non-hydrogen) atoms. The summed E-state index contributed by atoms with van der Waals surface area (Å²) in [5.74, 6) is -0.316. The highest BCUT2D eigenvalue weighted by molar-refractivity contribution is 7.09. The summed E-state index contributed by atoms with van der Waals surface area (Å²) in [4.78, 5) is 28.3. The second-order valence-corrected chi connectivity index (χ2v) is 5.61. The third-order valence-electron chi connectivity index (χ3n) is 2.89. The number of amides is 1. The van der Waals surface area contributed by atoms with Gasteiger partial charge in [-0.1, -0.05) is 0 Å². The molecule has 0 bridgehead atoms. The van der Waals surface area contributed by atoms with E-state index in [9.17, 15) is 14.9 Å². The standard InChI is InChI=1S/C13H14N4O3S/c1-8-15-10(7-21-8)6-16(2)13(18)9-3-4-11(14)12(5-9)17(19)20/h3-5,7H,6,14H2,1-2H3. The van der Waals surface area contributed by atoms with Crippen LogP contribution in [-0.4, -0.2) is 27.8 Å². The molecule has 1 aromatic heterocycles. The maximum Gasteiger partial charge on any atom is 0.292 e. The molecule has 0 radical (unpaired) electrons. The first kappa shape index (κ1) is 14.9. The van der Waals surface area contributed by atoms with Crippen LogP contribution in [0.4, 0.5) is 11.4 Å². The molecule has 1 amide bonds. The van der Waals surface area contributed by atoms with Gasteiger partial charge >= 0.3 is 0 Å². The van der Waals surface area contributed by atoms with E-state index in [1.54, 1.807) is 7.05 Å². The molecule has 0 aliphatic rings. The molecule has 0 atom stereocenters. The van der Waals surface area contributed by atoms with E-state index in [2.05, 4.69) is 4.98 Å². The summed E-state index contributed by atoms with van der Waals surface area (Å²) in [6, 6.07) is 4.04. The van der Waals surface area contributed by atoms with Crippen LogP contribution < -0.4 is 5.73 Å². The SMILES string of the molecule is Cc1nc(CN(C)C(=O)c2ccc(N)c([N+](=O)[O-])c2)cs1. The minimum atomic E-state index is -0.601. The van der Waals surface area contributed by atoms with Gasteiger partial charge in [0.1, 0.15) is 5.69 Å². The molecule has 7 nitrogen and oxygen atoms in total. The molecule has 0 aliphatic heterocycles. The molecule has 110 valence electrons. The van der Waals surface area contributed by atoms with Gasteiger partial charge in [-0.05, 0) is 19.1 Å². The lowest BCUT2D eigenvalue weighted by Crippen LogP contribution is -2.26. The second-order valence-electron chi connectivity index (χ2n) is 4.55. The zero-order valence-corrected chi connectivity index (χ0v) is 12.4. The lowest BCUT2D eigenvalue weighted by atomic mass is 10.1. The number of nitrogens with two attached hydrogens (primary N) is 1. The monoisotopic (exact) mass is 306 g/mol. The Hall–Kier alpha value is -2.48. The summed E-state index contributed by atoms with van der Waals surface area (Å²) in [6.45, 7) is 2.24. The first-order chi connectivity index (χ1) is 9.88. The number of nitro groups is 1. The highest BCUT2D eigenvalue weighted by atomic mass is 32.1. The molecule has 0 saturated carbocycles. The number of nitro benzene ring substituents is 1. The van der Waals surface area contributed by atoms with Crippen LogP contribution in [0.15, 0.2) is 23.6 Å². The maximum absolute atomic E-state index is 12.3. The number of nitrogens with zero attached hydrogens (tertiary/aromatic N) is 3. The Balaban J connectivity index is 2.19. The lowest BCUT2D eigenvalue weighted by Gasteiger charge is -2.16. The molecule has 0 spiro atoms. The van der Waals surface area contributed by atoms with Crippen LogP contribution in [0, 0.1) is 17.0 Å². The Morgan fingerprint density at radius 1 is 1.52 bits per heavy atom. The van der Waals surface area contributed by atoms with Crippen LogP contribution in [-0.2, 0) is 6.54 Å². The van der Waals surface area contributed by atoms with Gasteiger partial charge in [0.25, 0.3) is 11.6 Å². The average molecular weight is 306 g/mol. The molecule has 0 saturated heterocycles. The average Bonchev–Trinajstić information content (AvgIpc) is 2.83. The largest absolute Gasteiger partial charge is 0.393 e. The van der Waals surface area contributed by atoms with Crippen LogP contribution in [0.2, 0.25) is 0 Å². The lowest BCUT2D eigenvalue weighted by molar-refractivity contribution is -0.383. The minimum absolute atomic E-state index is 0.0364. The molecule has 1 heterocycles. The van der Waals surface area contributed by atoms with Crippen molar-refractivity contribution in [1.82, 2.24) is 9.88 Å². The number of benzene rings is 1. The van der Waals surface area contributed by atoms with E-state index in [0.717, 1.165) is 10.7 Å². The van der Waals surface area contributed by atoms with E-state index in [-0.39, 0.29) is 22.8 Å². The van der Waals surface area contributed by atoms with Gasteiger partial charge in [-0.15, -0.1) is 11.3 Å².